The minimum absolute atomic E-state index is 0.153. The molecule has 6 heteroatoms. The predicted molar refractivity (Wildman–Crippen MR) is 90.7 cm³/mol. The Morgan fingerprint density at radius 1 is 1.32 bits per heavy atom. The number of aryl methyl sites for hydroxylation is 1. The standard InChI is InChI=1S/C16H23N3O2S/c1-11-7-8-14(21-2)12(9-11)10-15(20)18-19-16(22)17-13-5-3-4-6-13/h7-9,13H,3-6,10H2,1-2H3,(H,18,20)(H2,17,19,22). The molecule has 0 saturated heterocycles. The highest BCUT2D eigenvalue weighted by Gasteiger charge is 2.15. The monoisotopic (exact) mass is 321 g/mol. The largest absolute Gasteiger partial charge is 0.496 e. The number of nitrogens with one attached hydrogen (secondary N) is 3. The van der Waals surface area contributed by atoms with E-state index in [0.29, 0.717) is 16.9 Å². The third-order valence-corrected chi connectivity index (χ3v) is 4.01. The lowest BCUT2D eigenvalue weighted by Gasteiger charge is -2.16. The van der Waals surface area contributed by atoms with Crippen LogP contribution in [0.3, 0.4) is 0 Å². The third kappa shape index (κ3) is 4.87. The van der Waals surface area contributed by atoms with Gasteiger partial charge in [0.15, 0.2) is 5.11 Å². The molecule has 1 aliphatic rings. The summed E-state index contributed by atoms with van der Waals surface area (Å²) >= 11 is 5.18. The van der Waals surface area contributed by atoms with Gasteiger partial charge in [-0.25, -0.2) is 0 Å². The van der Waals surface area contributed by atoms with Crippen LogP contribution in [0.5, 0.6) is 5.75 Å². The van der Waals surface area contributed by atoms with E-state index in [1.165, 1.54) is 12.8 Å². The van der Waals surface area contributed by atoms with E-state index in [2.05, 4.69) is 16.2 Å². The van der Waals surface area contributed by atoms with Gasteiger partial charge in [0, 0.05) is 11.6 Å². The molecule has 1 fully saturated rings. The molecule has 22 heavy (non-hydrogen) atoms. The lowest BCUT2D eigenvalue weighted by Crippen LogP contribution is -2.49. The maximum absolute atomic E-state index is 12.0. The third-order valence-electron chi connectivity index (χ3n) is 3.79. The minimum atomic E-state index is -0.153. The van der Waals surface area contributed by atoms with Gasteiger partial charge in [0.1, 0.15) is 5.75 Å². The fourth-order valence-electron chi connectivity index (χ4n) is 2.68. The minimum Gasteiger partial charge on any atom is -0.496 e. The zero-order chi connectivity index (χ0) is 15.9. The molecule has 0 unspecified atom stereocenters. The van der Waals surface area contributed by atoms with Crippen LogP contribution in [0.15, 0.2) is 18.2 Å². The molecule has 0 bridgehead atoms. The second-order valence-electron chi connectivity index (χ2n) is 5.62. The summed E-state index contributed by atoms with van der Waals surface area (Å²) in [5, 5.41) is 3.68. The Labute approximate surface area is 136 Å². The lowest BCUT2D eigenvalue weighted by atomic mass is 10.1. The van der Waals surface area contributed by atoms with Crippen molar-refractivity contribution in [2.45, 2.75) is 45.1 Å². The summed E-state index contributed by atoms with van der Waals surface area (Å²) in [5.74, 6) is 0.562. The van der Waals surface area contributed by atoms with Gasteiger partial charge in [-0.2, -0.15) is 0 Å². The smallest absolute Gasteiger partial charge is 0.242 e. The number of amides is 1. The van der Waals surface area contributed by atoms with E-state index in [9.17, 15) is 4.79 Å². The summed E-state index contributed by atoms with van der Waals surface area (Å²) in [4.78, 5) is 12.0. The summed E-state index contributed by atoms with van der Waals surface area (Å²) in [6, 6.07) is 6.21. The fraction of sp³-hybridized carbons (Fsp3) is 0.500. The molecule has 0 heterocycles. The first kappa shape index (κ1) is 16.5. The molecule has 1 aromatic carbocycles. The van der Waals surface area contributed by atoms with Gasteiger partial charge in [-0.3, -0.25) is 15.6 Å². The van der Waals surface area contributed by atoms with Crippen molar-refractivity contribution in [2.24, 2.45) is 0 Å². The zero-order valence-electron chi connectivity index (χ0n) is 13.1. The van der Waals surface area contributed by atoms with E-state index in [1.807, 2.05) is 25.1 Å². The molecule has 3 N–H and O–H groups in total. The maximum Gasteiger partial charge on any atom is 0.242 e. The first-order valence-electron chi connectivity index (χ1n) is 7.57. The molecule has 0 spiro atoms. The van der Waals surface area contributed by atoms with Crippen LogP contribution in [-0.4, -0.2) is 24.2 Å². The Balaban J connectivity index is 1.80. The number of rotatable bonds is 4. The molecule has 0 aliphatic heterocycles. The highest BCUT2D eigenvalue weighted by Crippen LogP contribution is 2.20. The van der Waals surface area contributed by atoms with Gasteiger partial charge in [0.2, 0.25) is 5.91 Å². The zero-order valence-corrected chi connectivity index (χ0v) is 13.9. The molecule has 0 atom stereocenters. The van der Waals surface area contributed by atoms with Crippen LogP contribution in [0.1, 0.15) is 36.8 Å². The van der Waals surface area contributed by atoms with Crippen molar-refractivity contribution in [3.63, 3.8) is 0 Å². The molecule has 1 aliphatic carbocycles. The average molecular weight is 321 g/mol. The molecular formula is C16H23N3O2S. The van der Waals surface area contributed by atoms with Crippen LogP contribution >= 0.6 is 12.2 Å². The summed E-state index contributed by atoms with van der Waals surface area (Å²) in [6.07, 6.45) is 4.98. The molecule has 2 rings (SSSR count). The number of benzene rings is 1. The molecule has 0 aromatic heterocycles. The Morgan fingerprint density at radius 3 is 2.73 bits per heavy atom. The molecule has 1 amide bonds. The van der Waals surface area contributed by atoms with E-state index < -0.39 is 0 Å². The van der Waals surface area contributed by atoms with Crippen molar-refractivity contribution in [3.8, 4) is 5.75 Å². The fourth-order valence-corrected chi connectivity index (χ4v) is 2.90. The van der Waals surface area contributed by atoms with Gasteiger partial charge < -0.3 is 10.1 Å². The highest BCUT2D eigenvalue weighted by molar-refractivity contribution is 7.80. The van der Waals surface area contributed by atoms with Gasteiger partial charge in [0.05, 0.1) is 13.5 Å². The van der Waals surface area contributed by atoms with Crippen LogP contribution in [-0.2, 0) is 11.2 Å². The van der Waals surface area contributed by atoms with Crippen molar-refractivity contribution in [2.75, 3.05) is 7.11 Å². The summed E-state index contributed by atoms with van der Waals surface area (Å²) in [5.41, 5.74) is 7.34. The van der Waals surface area contributed by atoms with Gasteiger partial charge in [-0.15, -0.1) is 0 Å². The van der Waals surface area contributed by atoms with Crippen molar-refractivity contribution >= 4 is 23.2 Å². The highest BCUT2D eigenvalue weighted by atomic mass is 32.1. The Hall–Kier alpha value is -1.82. The van der Waals surface area contributed by atoms with Crippen molar-refractivity contribution < 1.29 is 9.53 Å². The lowest BCUT2D eigenvalue weighted by molar-refractivity contribution is -0.121. The normalized spacial score (nSPS) is 14.5. The maximum atomic E-state index is 12.0. The SMILES string of the molecule is COc1ccc(C)cc1CC(=O)NNC(=S)NC1CCCC1. The van der Waals surface area contributed by atoms with Crippen molar-refractivity contribution in [1.82, 2.24) is 16.2 Å². The second-order valence-corrected chi connectivity index (χ2v) is 6.03. The first-order chi connectivity index (χ1) is 10.6. The average Bonchev–Trinajstić information content (AvgIpc) is 2.98. The van der Waals surface area contributed by atoms with Crippen molar-refractivity contribution in [1.29, 1.82) is 0 Å². The number of carbonyl (C=O) groups excluding carboxylic acids is 1. The Kier molecular flexibility index (Phi) is 6.00. The van der Waals surface area contributed by atoms with Gasteiger partial charge in [-0.05, 0) is 38.0 Å². The number of carbonyl (C=O) groups is 1. The number of thiocarbonyl (C=S) groups is 1. The van der Waals surface area contributed by atoms with Crippen LogP contribution in [0.4, 0.5) is 0 Å². The van der Waals surface area contributed by atoms with E-state index >= 15 is 0 Å². The van der Waals surface area contributed by atoms with Gasteiger partial charge >= 0.3 is 0 Å². The number of ether oxygens (including phenoxy) is 1. The molecule has 1 aromatic rings. The van der Waals surface area contributed by atoms with E-state index in [4.69, 9.17) is 17.0 Å². The Morgan fingerprint density at radius 2 is 2.05 bits per heavy atom. The van der Waals surface area contributed by atoms with Crippen molar-refractivity contribution in [3.05, 3.63) is 29.3 Å². The summed E-state index contributed by atoms with van der Waals surface area (Å²) in [6.45, 7) is 1.99. The van der Waals surface area contributed by atoms with E-state index in [-0.39, 0.29) is 12.3 Å². The van der Waals surface area contributed by atoms with Crippen LogP contribution in [0.2, 0.25) is 0 Å². The summed E-state index contributed by atoms with van der Waals surface area (Å²) in [7, 11) is 1.60. The molecule has 120 valence electrons. The molecular weight excluding hydrogens is 298 g/mol. The Bertz CT molecular complexity index is 542. The molecule has 5 nitrogen and oxygen atoms in total. The summed E-state index contributed by atoms with van der Waals surface area (Å²) < 4.78 is 5.28. The quantitative estimate of drug-likeness (QED) is 0.585. The number of methoxy groups -OCH3 is 1. The number of hydrazine groups is 1. The van der Waals surface area contributed by atoms with Gasteiger partial charge in [0.25, 0.3) is 0 Å². The predicted octanol–water partition coefficient (Wildman–Crippen LogP) is 1.98. The second kappa shape index (κ2) is 7.98. The number of hydrogen-bond donors (Lipinski definition) is 3. The first-order valence-corrected chi connectivity index (χ1v) is 7.98. The van der Waals surface area contributed by atoms with E-state index in [1.54, 1.807) is 7.11 Å². The van der Waals surface area contributed by atoms with Crippen LogP contribution in [0.25, 0.3) is 0 Å². The molecule has 1 saturated carbocycles. The molecule has 0 radical (unpaired) electrons. The van der Waals surface area contributed by atoms with E-state index in [0.717, 1.165) is 24.0 Å². The van der Waals surface area contributed by atoms with Crippen LogP contribution in [0, 0.1) is 6.92 Å². The number of hydrogen-bond acceptors (Lipinski definition) is 3. The van der Waals surface area contributed by atoms with Crippen LogP contribution < -0.4 is 20.9 Å². The van der Waals surface area contributed by atoms with Gasteiger partial charge in [-0.1, -0.05) is 30.5 Å². The topological polar surface area (TPSA) is 62.4 Å².